The summed E-state index contributed by atoms with van der Waals surface area (Å²) in [7, 11) is -1.04. The Morgan fingerprint density at radius 2 is 1.06 bits per heavy atom. The van der Waals surface area contributed by atoms with Crippen molar-refractivity contribution >= 4 is 17.9 Å². The number of benzene rings is 2. The molecule has 0 saturated heterocycles. The summed E-state index contributed by atoms with van der Waals surface area (Å²) in [5, 5.41) is 1.31. The van der Waals surface area contributed by atoms with Crippen LogP contribution in [0.25, 0.3) is 0 Å². The number of hydrogen-bond donors (Lipinski definition) is 1. The van der Waals surface area contributed by atoms with E-state index in [9.17, 15) is 4.89 Å². The molecule has 4 heteroatoms. The van der Waals surface area contributed by atoms with Gasteiger partial charge in [0.15, 0.2) is 0 Å². The van der Waals surface area contributed by atoms with Gasteiger partial charge in [0.25, 0.3) is 0 Å². The molecule has 0 radical (unpaired) electrons. The molecule has 0 amide bonds. The molecule has 0 aromatic heterocycles. The van der Waals surface area contributed by atoms with E-state index in [2.05, 4.69) is 0 Å². The van der Waals surface area contributed by atoms with Crippen molar-refractivity contribution in [1.82, 2.24) is 0 Å². The average Bonchev–Trinajstić information content (AvgIpc) is 2.48. The first kappa shape index (κ1) is 13.2. The molecule has 0 unspecified atom stereocenters. The zero-order valence-corrected chi connectivity index (χ0v) is 11.4. The van der Waals surface area contributed by atoms with Crippen LogP contribution in [0.5, 0.6) is 0 Å². The zero-order valence-electron chi connectivity index (χ0n) is 10.5. The zero-order chi connectivity index (χ0) is 13.1. The summed E-state index contributed by atoms with van der Waals surface area (Å²) < 4.78 is 11.0. The maximum absolute atomic E-state index is 11.2. The van der Waals surface area contributed by atoms with E-state index >= 15 is 0 Å². The third-order valence-corrected chi connectivity index (χ3v) is 6.87. The fraction of sp³-hybridized carbons (Fsp3) is 0.143. The quantitative estimate of drug-likeness (QED) is 0.861. The van der Waals surface area contributed by atoms with Crippen molar-refractivity contribution in [2.75, 3.05) is 14.2 Å². The van der Waals surface area contributed by atoms with Crippen molar-refractivity contribution in [3.05, 3.63) is 60.7 Å². The fourth-order valence-corrected chi connectivity index (χ4v) is 4.71. The van der Waals surface area contributed by atoms with Crippen LogP contribution in [-0.4, -0.2) is 19.1 Å². The van der Waals surface area contributed by atoms with Gasteiger partial charge in [-0.25, -0.2) is 0 Å². The van der Waals surface area contributed by atoms with E-state index in [0.29, 0.717) is 10.6 Å². The van der Waals surface area contributed by atoms with E-state index in [-0.39, 0.29) is 0 Å². The summed E-state index contributed by atoms with van der Waals surface area (Å²) >= 11 is 0. The first-order valence-electron chi connectivity index (χ1n) is 5.65. The van der Waals surface area contributed by atoms with E-state index in [4.69, 9.17) is 9.05 Å². The van der Waals surface area contributed by atoms with Crippen LogP contribution in [0, 0.1) is 0 Å². The van der Waals surface area contributed by atoms with Crippen molar-refractivity contribution in [3.63, 3.8) is 0 Å². The molecule has 0 fully saturated rings. The molecule has 0 aliphatic rings. The first-order valence-corrected chi connectivity index (χ1v) is 7.67. The van der Waals surface area contributed by atoms with Crippen LogP contribution in [-0.2, 0) is 9.05 Å². The van der Waals surface area contributed by atoms with Crippen LogP contribution in [0.3, 0.4) is 0 Å². The van der Waals surface area contributed by atoms with Gasteiger partial charge in [-0.1, -0.05) is 0 Å². The second kappa shape index (κ2) is 4.79. The molecular weight excluding hydrogens is 247 g/mol. The van der Waals surface area contributed by atoms with E-state index in [1.54, 1.807) is 0 Å². The van der Waals surface area contributed by atoms with Gasteiger partial charge < -0.3 is 0 Å². The molecule has 3 nitrogen and oxygen atoms in total. The van der Waals surface area contributed by atoms with Crippen molar-refractivity contribution in [2.24, 2.45) is 0 Å². The van der Waals surface area contributed by atoms with Gasteiger partial charge in [-0.2, -0.15) is 0 Å². The van der Waals surface area contributed by atoms with Crippen LogP contribution in [0.15, 0.2) is 60.7 Å². The molecule has 0 heterocycles. The predicted octanol–water partition coefficient (Wildman–Crippen LogP) is 2.22. The average molecular weight is 264 g/mol. The van der Waals surface area contributed by atoms with Crippen molar-refractivity contribution < 1.29 is 13.9 Å². The van der Waals surface area contributed by atoms with Crippen LogP contribution in [0.2, 0.25) is 0 Å². The summed E-state index contributed by atoms with van der Waals surface area (Å²) in [4.78, 5) is 11.2. The van der Waals surface area contributed by atoms with Crippen molar-refractivity contribution in [1.29, 1.82) is 0 Å². The molecule has 0 saturated carbocycles. The standard InChI is InChI=1S/C14H17O3P/c1-16-18(15,17-2,13-9-5-3-6-10-13)14-11-7-4-8-12-14/h3-12,15H,1-2H3. The molecule has 2 aromatic carbocycles. The second-order valence-electron chi connectivity index (χ2n) is 3.95. The predicted molar refractivity (Wildman–Crippen MR) is 75.3 cm³/mol. The summed E-state index contributed by atoms with van der Waals surface area (Å²) in [6, 6.07) is 18.5. The molecular formula is C14H17O3P. The van der Waals surface area contributed by atoms with E-state index in [0.717, 1.165) is 0 Å². The Balaban J connectivity index is 2.71. The minimum atomic E-state index is -3.98. The molecule has 96 valence electrons. The molecule has 2 aromatic rings. The van der Waals surface area contributed by atoms with Gasteiger partial charge in [0.2, 0.25) is 0 Å². The normalized spacial score (nSPS) is 13.8. The van der Waals surface area contributed by atoms with Crippen molar-refractivity contribution in [2.45, 2.75) is 0 Å². The molecule has 0 spiro atoms. The van der Waals surface area contributed by atoms with Gasteiger partial charge in [0.05, 0.1) is 0 Å². The van der Waals surface area contributed by atoms with E-state index in [1.165, 1.54) is 14.2 Å². The monoisotopic (exact) mass is 264 g/mol. The number of hydrogen-bond acceptors (Lipinski definition) is 3. The Kier molecular flexibility index (Phi) is 3.51. The van der Waals surface area contributed by atoms with Crippen LogP contribution in [0.4, 0.5) is 0 Å². The van der Waals surface area contributed by atoms with E-state index < -0.39 is 7.28 Å². The number of rotatable bonds is 4. The van der Waals surface area contributed by atoms with Gasteiger partial charge >= 0.3 is 107 Å². The Morgan fingerprint density at radius 1 is 0.722 bits per heavy atom. The van der Waals surface area contributed by atoms with Gasteiger partial charge in [-0.15, -0.1) is 0 Å². The Bertz CT molecular complexity index is 466. The minimum absolute atomic E-state index is 0.653. The van der Waals surface area contributed by atoms with Crippen LogP contribution >= 0.6 is 7.28 Å². The molecule has 1 N–H and O–H groups in total. The summed E-state index contributed by atoms with van der Waals surface area (Å²) in [5.41, 5.74) is 0. The molecule has 0 atom stereocenters. The molecule has 18 heavy (non-hydrogen) atoms. The van der Waals surface area contributed by atoms with Crippen molar-refractivity contribution in [3.8, 4) is 0 Å². The SMILES string of the molecule is COP(O)(OC)(c1ccccc1)c1ccccc1. The van der Waals surface area contributed by atoms with Gasteiger partial charge in [-0.3, -0.25) is 0 Å². The Morgan fingerprint density at radius 3 is 1.33 bits per heavy atom. The van der Waals surface area contributed by atoms with E-state index in [1.807, 2.05) is 60.7 Å². The topological polar surface area (TPSA) is 38.7 Å². The summed E-state index contributed by atoms with van der Waals surface area (Å²) in [6.45, 7) is 0. The molecule has 2 rings (SSSR count). The third-order valence-electron chi connectivity index (χ3n) is 3.10. The maximum atomic E-state index is 11.2. The second-order valence-corrected chi connectivity index (χ2v) is 7.54. The Hall–Kier alpha value is -1.25. The Labute approximate surface area is 107 Å². The van der Waals surface area contributed by atoms with Crippen LogP contribution < -0.4 is 10.6 Å². The molecule has 0 aliphatic carbocycles. The fourth-order valence-electron chi connectivity index (χ4n) is 2.03. The van der Waals surface area contributed by atoms with Crippen LogP contribution in [0.1, 0.15) is 0 Å². The summed E-state index contributed by atoms with van der Waals surface area (Å²) in [6.07, 6.45) is 0. The third kappa shape index (κ3) is 1.86. The van der Waals surface area contributed by atoms with Gasteiger partial charge in [0.1, 0.15) is 0 Å². The van der Waals surface area contributed by atoms with Gasteiger partial charge in [0, 0.05) is 0 Å². The molecule has 0 bridgehead atoms. The molecule has 0 aliphatic heterocycles. The summed E-state index contributed by atoms with van der Waals surface area (Å²) in [5.74, 6) is 0. The van der Waals surface area contributed by atoms with Gasteiger partial charge in [-0.05, 0) is 0 Å². The first-order chi connectivity index (χ1) is 8.64.